The van der Waals surface area contributed by atoms with Crippen molar-refractivity contribution < 1.29 is 19.0 Å². The third-order valence-corrected chi connectivity index (χ3v) is 8.98. The molecule has 1 saturated carbocycles. The Morgan fingerprint density at radius 3 is 2.66 bits per heavy atom. The van der Waals surface area contributed by atoms with Crippen molar-refractivity contribution in [1.29, 1.82) is 0 Å². The number of amides is 1. The standard InChI is InChI=1S/C33H37N7O4/c1-38(18-21-8-5-4-6-9-21)27-16-25(37-40-28(17-35-32(27)40)33(41)36-24-11-12-29(24)42-2)23-19-39(31-22(23)10-7-14-34-31)26-13-15-44-20-30(26)43-3/h4-10,14,16-17,19,24,26,29-30H,11-13,15,18,20H2,1-3H3,(H,36,41)/t24?,26-,29+,30-/m1/s1. The molecule has 5 heterocycles. The normalized spacial score (nSPS) is 21.8. The molecule has 1 unspecified atom stereocenters. The first-order chi connectivity index (χ1) is 21.6. The Balaban J connectivity index is 1.36. The second-order valence-electron chi connectivity index (χ2n) is 11.6. The fraction of sp³-hybridized carbons (Fsp3) is 0.394. The number of hydrogen-bond acceptors (Lipinski definition) is 8. The van der Waals surface area contributed by atoms with E-state index in [4.69, 9.17) is 29.3 Å². The van der Waals surface area contributed by atoms with Crippen LogP contribution < -0.4 is 10.2 Å². The van der Waals surface area contributed by atoms with Crippen molar-refractivity contribution in [3.8, 4) is 11.3 Å². The highest BCUT2D eigenvalue weighted by atomic mass is 16.5. The van der Waals surface area contributed by atoms with Gasteiger partial charge in [-0.2, -0.15) is 5.10 Å². The number of carbonyl (C=O) groups excluding carboxylic acids is 1. The fourth-order valence-electron chi connectivity index (χ4n) is 6.40. The number of fused-ring (bicyclic) bond motifs is 2. The van der Waals surface area contributed by atoms with Gasteiger partial charge in [-0.1, -0.05) is 30.3 Å². The van der Waals surface area contributed by atoms with Crippen molar-refractivity contribution in [3.63, 3.8) is 0 Å². The molecule has 44 heavy (non-hydrogen) atoms. The number of anilines is 1. The molecule has 2 aliphatic rings. The summed E-state index contributed by atoms with van der Waals surface area (Å²) in [5.41, 5.74) is 5.51. The van der Waals surface area contributed by atoms with Crippen LogP contribution in [0.2, 0.25) is 0 Å². The van der Waals surface area contributed by atoms with Crippen LogP contribution in [0.5, 0.6) is 0 Å². The van der Waals surface area contributed by atoms with E-state index in [1.165, 1.54) is 0 Å². The highest BCUT2D eigenvalue weighted by molar-refractivity contribution is 5.96. The first-order valence-corrected chi connectivity index (χ1v) is 15.1. The SMILES string of the molecule is CO[C@H]1CCC1NC(=O)c1cnc2c(N(C)Cc3ccccc3)cc(-c3cn([C@@H]4CCOC[C@H]4OC)c4ncccc34)nn12. The third-order valence-electron chi connectivity index (χ3n) is 8.98. The number of imidazole rings is 1. The molecule has 1 aliphatic carbocycles. The van der Waals surface area contributed by atoms with E-state index in [1.807, 2.05) is 37.5 Å². The van der Waals surface area contributed by atoms with Crippen molar-refractivity contribution >= 4 is 28.3 Å². The number of carbonyl (C=O) groups is 1. The second kappa shape index (κ2) is 12.0. The summed E-state index contributed by atoms with van der Waals surface area (Å²) in [4.78, 5) is 25.2. The number of rotatable bonds is 9. The highest BCUT2D eigenvalue weighted by Gasteiger charge is 2.34. The molecular formula is C33H37N7O4. The maximum atomic E-state index is 13.6. The zero-order chi connectivity index (χ0) is 30.2. The molecule has 1 N–H and O–H groups in total. The van der Waals surface area contributed by atoms with Gasteiger partial charge in [0, 0.05) is 57.8 Å². The van der Waals surface area contributed by atoms with E-state index in [0.717, 1.165) is 52.8 Å². The summed E-state index contributed by atoms with van der Waals surface area (Å²) in [7, 11) is 5.44. The Morgan fingerprint density at radius 2 is 1.89 bits per heavy atom. The zero-order valence-corrected chi connectivity index (χ0v) is 25.2. The van der Waals surface area contributed by atoms with Crippen LogP contribution in [0.4, 0.5) is 5.69 Å². The van der Waals surface area contributed by atoms with Gasteiger partial charge in [-0.3, -0.25) is 4.79 Å². The average Bonchev–Trinajstić information content (AvgIpc) is 3.65. The van der Waals surface area contributed by atoms with Crippen LogP contribution >= 0.6 is 0 Å². The summed E-state index contributed by atoms with van der Waals surface area (Å²) in [6, 6.07) is 16.4. The average molecular weight is 596 g/mol. The summed E-state index contributed by atoms with van der Waals surface area (Å²) < 4.78 is 20.9. The molecule has 4 atom stereocenters. The van der Waals surface area contributed by atoms with Gasteiger partial charge in [-0.25, -0.2) is 14.5 Å². The molecule has 228 valence electrons. The summed E-state index contributed by atoms with van der Waals surface area (Å²) in [6.07, 6.45) is 8.09. The number of methoxy groups -OCH3 is 2. The Morgan fingerprint density at radius 1 is 1.05 bits per heavy atom. The number of aromatic nitrogens is 5. The van der Waals surface area contributed by atoms with Crippen molar-refractivity contribution in [2.24, 2.45) is 0 Å². The molecule has 11 heteroatoms. The second-order valence-corrected chi connectivity index (χ2v) is 11.6. The van der Waals surface area contributed by atoms with E-state index in [1.54, 1.807) is 24.9 Å². The summed E-state index contributed by atoms with van der Waals surface area (Å²) in [5.74, 6) is -0.222. The van der Waals surface area contributed by atoms with Gasteiger partial charge in [0.05, 0.1) is 42.4 Å². The predicted molar refractivity (Wildman–Crippen MR) is 167 cm³/mol. The molecule has 5 aromatic rings. The van der Waals surface area contributed by atoms with E-state index in [-0.39, 0.29) is 30.2 Å². The molecule has 1 amide bonds. The lowest BCUT2D eigenvalue weighted by Crippen LogP contribution is -2.51. The number of pyridine rings is 1. The number of nitrogens with one attached hydrogen (secondary N) is 1. The monoisotopic (exact) mass is 595 g/mol. The molecule has 0 radical (unpaired) electrons. The van der Waals surface area contributed by atoms with E-state index >= 15 is 0 Å². The maximum absolute atomic E-state index is 13.6. The number of nitrogens with zero attached hydrogens (tertiary/aromatic N) is 6. The number of ether oxygens (including phenoxy) is 3. The van der Waals surface area contributed by atoms with Crippen LogP contribution in [-0.4, -0.2) is 82.8 Å². The summed E-state index contributed by atoms with van der Waals surface area (Å²) >= 11 is 0. The first kappa shape index (κ1) is 28.5. The first-order valence-electron chi connectivity index (χ1n) is 15.1. The van der Waals surface area contributed by atoms with Gasteiger partial charge in [0.15, 0.2) is 11.3 Å². The molecule has 1 aromatic carbocycles. The molecule has 4 aromatic heterocycles. The number of benzene rings is 1. The molecule has 0 spiro atoms. The minimum atomic E-state index is -0.222. The Bertz CT molecular complexity index is 1780. The Labute approximate surface area is 255 Å². The maximum Gasteiger partial charge on any atom is 0.271 e. The molecule has 1 saturated heterocycles. The number of hydrogen-bond donors (Lipinski definition) is 1. The summed E-state index contributed by atoms with van der Waals surface area (Å²) in [6.45, 7) is 1.84. The smallest absolute Gasteiger partial charge is 0.271 e. The van der Waals surface area contributed by atoms with Crippen LogP contribution in [0.3, 0.4) is 0 Å². The zero-order valence-electron chi connectivity index (χ0n) is 25.2. The molecule has 7 rings (SSSR count). The van der Waals surface area contributed by atoms with Crippen molar-refractivity contribution in [3.05, 3.63) is 78.4 Å². The lowest BCUT2D eigenvalue weighted by molar-refractivity contribution is -0.0592. The van der Waals surface area contributed by atoms with Crippen LogP contribution in [0.1, 0.15) is 41.4 Å². The molecule has 0 bridgehead atoms. The van der Waals surface area contributed by atoms with Crippen LogP contribution in [0.25, 0.3) is 27.9 Å². The minimum absolute atomic E-state index is 0.0222. The van der Waals surface area contributed by atoms with Gasteiger partial charge < -0.3 is 29.0 Å². The highest BCUT2D eigenvalue weighted by Crippen LogP contribution is 2.36. The quantitative estimate of drug-likeness (QED) is 0.269. The van der Waals surface area contributed by atoms with Gasteiger partial charge in [-0.05, 0) is 43.0 Å². The van der Waals surface area contributed by atoms with Crippen molar-refractivity contribution in [2.75, 3.05) is 39.4 Å². The van der Waals surface area contributed by atoms with E-state index in [9.17, 15) is 4.79 Å². The molecule has 2 fully saturated rings. The van der Waals surface area contributed by atoms with Crippen LogP contribution in [-0.2, 0) is 20.8 Å². The largest absolute Gasteiger partial charge is 0.379 e. The van der Waals surface area contributed by atoms with Gasteiger partial charge in [0.2, 0.25) is 0 Å². The molecular weight excluding hydrogens is 558 g/mol. The molecule has 1 aliphatic heterocycles. The van der Waals surface area contributed by atoms with Gasteiger partial charge in [-0.15, -0.1) is 0 Å². The molecule has 11 nitrogen and oxygen atoms in total. The predicted octanol–water partition coefficient (Wildman–Crippen LogP) is 4.27. The Kier molecular flexibility index (Phi) is 7.75. The lowest BCUT2D eigenvalue weighted by atomic mass is 9.89. The van der Waals surface area contributed by atoms with E-state index in [0.29, 0.717) is 31.1 Å². The minimum Gasteiger partial charge on any atom is -0.379 e. The topological polar surface area (TPSA) is 108 Å². The van der Waals surface area contributed by atoms with Crippen LogP contribution in [0, 0.1) is 0 Å². The van der Waals surface area contributed by atoms with E-state index in [2.05, 4.69) is 45.2 Å². The summed E-state index contributed by atoms with van der Waals surface area (Å²) in [5, 5.41) is 9.16. The van der Waals surface area contributed by atoms with Crippen molar-refractivity contribution in [1.82, 2.24) is 29.5 Å². The van der Waals surface area contributed by atoms with Crippen LogP contribution in [0.15, 0.2) is 67.1 Å². The van der Waals surface area contributed by atoms with E-state index < -0.39 is 0 Å². The van der Waals surface area contributed by atoms with Gasteiger partial charge >= 0.3 is 0 Å². The van der Waals surface area contributed by atoms with Gasteiger partial charge in [0.1, 0.15) is 11.8 Å². The third kappa shape index (κ3) is 5.10. The lowest BCUT2D eigenvalue weighted by Gasteiger charge is -2.35. The Hall–Kier alpha value is -4.32. The van der Waals surface area contributed by atoms with Gasteiger partial charge in [0.25, 0.3) is 5.91 Å². The fourth-order valence-corrected chi connectivity index (χ4v) is 6.40. The van der Waals surface area contributed by atoms with Crippen molar-refractivity contribution in [2.45, 2.75) is 50.1 Å².